The van der Waals surface area contributed by atoms with Gasteiger partial charge in [0.05, 0.1) is 18.4 Å². The number of fused-ring (bicyclic) bond motifs is 1. The second kappa shape index (κ2) is 5.63. The molecule has 0 saturated heterocycles. The van der Waals surface area contributed by atoms with Gasteiger partial charge in [-0.2, -0.15) is 10.2 Å². The molecule has 0 aliphatic carbocycles. The second-order valence-electron chi connectivity index (χ2n) is 6.24. The number of carbonyl (C=O) groups excluding carboxylic acids is 1. The summed E-state index contributed by atoms with van der Waals surface area (Å²) in [6, 6.07) is 10.1. The van der Waals surface area contributed by atoms with Gasteiger partial charge in [0, 0.05) is 36.7 Å². The first-order valence-corrected chi connectivity index (χ1v) is 8.01. The number of hydrogen-bond acceptors (Lipinski definition) is 3. The average molecular weight is 321 g/mol. The number of aryl methyl sites for hydroxylation is 2. The predicted molar refractivity (Wildman–Crippen MR) is 90.8 cm³/mol. The van der Waals surface area contributed by atoms with Gasteiger partial charge in [-0.25, -0.2) is 4.68 Å². The molecule has 1 aromatic carbocycles. The lowest BCUT2D eigenvalue weighted by molar-refractivity contribution is -0.116. The summed E-state index contributed by atoms with van der Waals surface area (Å²) in [6.07, 6.45) is 4.29. The van der Waals surface area contributed by atoms with Crippen molar-refractivity contribution >= 4 is 11.7 Å². The Morgan fingerprint density at radius 2 is 2.04 bits per heavy atom. The van der Waals surface area contributed by atoms with Crippen molar-refractivity contribution < 1.29 is 4.79 Å². The Hall–Kier alpha value is -2.89. The summed E-state index contributed by atoms with van der Waals surface area (Å²) < 4.78 is 3.66. The van der Waals surface area contributed by atoms with E-state index in [1.54, 1.807) is 4.68 Å². The van der Waals surface area contributed by atoms with Gasteiger partial charge in [0.1, 0.15) is 5.82 Å². The van der Waals surface area contributed by atoms with Gasteiger partial charge < -0.3 is 5.32 Å². The largest absolute Gasteiger partial charge is 0.311 e. The van der Waals surface area contributed by atoms with Crippen molar-refractivity contribution in [3.63, 3.8) is 0 Å². The van der Waals surface area contributed by atoms with Gasteiger partial charge in [-0.05, 0) is 12.5 Å². The van der Waals surface area contributed by atoms with E-state index in [4.69, 9.17) is 0 Å². The molecule has 1 unspecified atom stereocenters. The molecule has 4 rings (SSSR count). The summed E-state index contributed by atoms with van der Waals surface area (Å²) in [6.45, 7) is 2.62. The third-order valence-corrected chi connectivity index (χ3v) is 4.49. The van der Waals surface area contributed by atoms with E-state index >= 15 is 0 Å². The van der Waals surface area contributed by atoms with Crippen molar-refractivity contribution in [1.82, 2.24) is 19.6 Å². The van der Waals surface area contributed by atoms with E-state index in [-0.39, 0.29) is 11.8 Å². The molecule has 1 N–H and O–H groups in total. The van der Waals surface area contributed by atoms with Crippen LogP contribution in [0.4, 0.5) is 5.82 Å². The molecule has 6 nitrogen and oxygen atoms in total. The molecule has 0 saturated carbocycles. The van der Waals surface area contributed by atoms with Gasteiger partial charge in [0.25, 0.3) is 0 Å². The number of amides is 1. The minimum Gasteiger partial charge on any atom is -0.311 e. The Morgan fingerprint density at radius 3 is 2.75 bits per heavy atom. The van der Waals surface area contributed by atoms with Gasteiger partial charge in [0.2, 0.25) is 5.91 Å². The number of anilines is 1. The number of benzene rings is 1. The monoisotopic (exact) mass is 321 g/mol. The van der Waals surface area contributed by atoms with Crippen LogP contribution in [-0.2, 0) is 18.4 Å². The molecule has 0 radical (unpaired) electrons. The fraction of sp³-hybridized carbons (Fsp3) is 0.278. The van der Waals surface area contributed by atoms with Crippen molar-refractivity contribution in [3.05, 3.63) is 65.1 Å². The number of nitrogens with one attached hydrogen (secondary N) is 1. The molecular formula is C18H19N5O. The number of hydrogen-bond donors (Lipinski definition) is 1. The van der Waals surface area contributed by atoms with Crippen LogP contribution >= 0.6 is 0 Å². The van der Waals surface area contributed by atoms with Crippen molar-refractivity contribution in [3.8, 4) is 0 Å². The van der Waals surface area contributed by atoms with E-state index in [9.17, 15) is 4.79 Å². The Labute approximate surface area is 140 Å². The molecule has 3 aromatic rings. The van der Waals surface area contributed by atoms with E-state index < -0.39 is 0 Å². The quantitative estimate of drug-likeness (QED) is 0.806. The van der Waals surface area contributed by atoms with Gasteiger partial charge in [-0.3, -0.25) is 9.48 Å². The Balaban J connectivity index is 1.73. The van der Waals surface area contributed by atoms with Gasteiger partial charge >= 0.3 is 0 Å². The number of aromatic nitrogens is 4. The Kier molecular flexibility index (Phi) is 3.45. The minimum absolute atomic E-state index is 0.00646. The number of carbonyl (C=O) groups is 1. The van der Waals surface area contributed by atoms with E-state index in [0.717, 1.165) is 28.2 Å². The summed E-state index contributed by atoms with van der Waals surface area (Å²) in [7, 11) is 1.90. The maximum Gasteiger partial charge on any atom is 0.226 e. The third kappa shape index (κ3) is 2.50. The molecule has 0 fully saturated rings. The molecule has 2 aromatic heterocycles. The van der Waals surface area contributed by atoms with Crippen LogP contribution in [0.1, 0.15) is 34.7 Å². The van der Waals surface area contributed by atoms with E-state index in [1.807, 2.05) is 49.2 Å². The summed E-state index contributed by atoms with van der Waals surface area (Å²) in [4.78, 5) is 12.3. The van der Waals surface area contributed by atoms with E-state index in [0.29, 0.717) is 13.0 Å². The minimum atomic E-state index is 0.00646. The van der Waals surface area contributed by atoms with Crippen LogP contribution in [0.3, 0.4) is 0 Å². The lowest BCUT2D eigenvalue weighted by atomic mass is 9.88. The molecule has 122 valence electrons. The molecular weight excluding hydrogens is 302 g/mol. The summed E-state index contributed by atoms with van der Waals surface area (Å²) in [5.41, 5.74) is 4.26. The molecule has 0 spiro atoms. The normalized spacial score (nSPS) is 16.8. The first kappa shape index (κ1) is 14.7. The Bertz CT molecular complexity index is 894. The predicted octanol–water partition coefficient (Wildman–Crippen LogP) is 2.45. The second-order valence-corrected chi connectivity index (χ2v) is 6.24. The molecule has 6 heteroatoms. The molecule has 1 aliphatic rings. The fourth-order valence-electron chi connectivity index (χ4n) is 3.38. The summed E-state index contributed by atoms with van der Waals surface area (Å²) in [5, 5.41) is 11.9. The maximum atomic E-state index is 12.3. The number of nitrogens with zero attached hydrogens (tertiary/aromatic N) is 4. The molecule has 3 heterocycles. The first-order chi connectivity index (χ1) is 11.6. The van der Waals surface area contributed by atoms with E-state index in [1.165, 1.54) is 0 Å². The topological polar surface area (TPSA) is 64.7 Å². The highest BCUT2D eigenvalue weighted by atomic mass is 16.1. The van der Waals surface area contributed by atoms with Crippen LogP contribution in [0.5, 0.6) is 0 Å². The molecule has 1 atom stereocenters. The standard InChI is InChI=1S/C18H19N5O/c1-12-16(11-22(2)21-12)14-8-17(24)20-18-15(14)9-19-23(18)10-13-6-4-3-5-7-13/h3-7,9,11,14H,8,10H2,1-2H3,(H,20,24). The maximum absolute atomic E-state index is 12.3. The zero-order valence-electron chi connectivity index (χ0n) is 13.7. The average Bonchev–Trinajstić information content (AvgIpc) is 3.11. The van der Waals surface area contributed by atoms with Gasteiger partial charge in [0.15, 0.2) is 0 Å². The van der Waals surface area contributed by atoms with Crippen LogP contribution < -0.4 is 5.32 Å². The smallest absolute Gasteiger partial charge is 0.226 e. The van der Waals surface area contributed by atoms with Crippen molar-refractivity contribution in [2.45, 2.75) is 25.8 Å². The summed E-state index contributed by atoms with van der Waals surface area (Å²) in [5.74, 6) is 0.820. The van der Waals surface area contributed by atoms with Crippen LogP contribution in [0.2, 0.25) is 0 Å². The highest BCUT2D eigenvalue weighted by Gasteiger charge is 2.31. The first-order valence-electron chi connectivity index (χ1n) is 8.01. The summed E-state index contributed by atoms with van der Waals surface area (Å²) >= 11 is 0. The highest BCUT2D eigenvalue weighted by molar-refractivity contribution is 5.94. The van der Waals surface area contributed by atoms with Crippen LogP contribution in [0.15, 0.2) is 42.7 Å². The van der Waals surface area contributed by atoms with Crippen LogP contribution in [-0.4, -0.2) is 25.5 Å². The van der Waals surface area contributed by atoms with Crippen molar-refractivity contribution in [2.24, 2.45) is 7.05 Å². The number of rotatable bonds is 3. The SMILES string of the molecule is Cc1nn(C)cc1C1CC(=O)Nc2c1cnn2Cc1ccccc1. The third-order valence-electron chi connectivity index (χ3n) is 4.49. The zero-order chi connectivity index (χ0) is 16.7. The van der Waals surface area contributed by atoms with Crippen molar-refractivity contribution in [2.75, 3.05) is 5.32 Å². The highest BCUT2D eigenvalue weighted by Crippen LogP contribution is 2.38. The fourth-order valence-corrected chi connectivity index (χ4v) is 3.38. The molecule has 1 aliphatic heterocycles. The zero-order valence-corrected chi connectivity index (χ0v) is 13.7. The van der Waals surface area contributed by atoms with Crippen molar-refractivity contribution in [1.29, 1.82) is 0 Å². The van der Waals surface area contributed by atoms with Gasteiger partial charge in [-0.15, -0.1) is 0 Å². The lowest BCUT2D eigenvalue weighted by Gasteiger charge is -2.23. The molecule has 1 amide bonds. The van der Waals surface area contributed by atoms with Gasteiger partial charge in [-0.1, -0.05) is 30.3 Å². The van der Waals surface area contributed by atoms with E-state index in [2.05, 4.69) is 27.6 Å². The lowest BCUT2D eigenvalue weighted by Crippen LogP contribution is -2.25. The molecule has 0 bridgehead atoms. The molecule has 24 heavy (non-hydrogen) atoms. The Morgan fingerprint density at radius 1 is 1.25 bits per heavy atom. The van der Waals surface area contributed by atoms with Crippen LogP contribution in [0.25, 0.3) is 0 Å². The van der Waals surface area contributed by atoms with Crippen LogP contribution in [0, 0.1) is 6.92 Å².